The molecule has 7 heteroatoms. The van der Waals surface area contributed by atoms with Crippen LogP contribution < -0.4 is 5.32 Å². The highest BCUT2D eigenvalue weighted by atomic mass is 32.2. The molecule has 0 radical (unpaired) electrons. The van der Waals surface area contributed by atoms with E-state index < -0.39 is 0 Å². The van der Waals surface area contributed by atoms with E-state index in [-0.39, 0.29) is 17.0 Å². The Balaban J connectivity index is 1.73. The number of amides is 1. The molecule has 2 aliphatic rings. The molecule has 27 heavy (non-hydrogen) atoms. The summed E-state index contributed by atoms with van der Waals surface area (Å²) in [4.78, 5) is 15.4. The van der Waals surface area contributed by atoms with Gasteiger partial charge in [-0.1, -0.05) is 13.8 Å². The minimum Gasteiger partial charge on any atom is -0.379 e. The maximum atomic E-state index is 12.9. The van der Waals surface area contributed by atoms with Crippen molar-refractivity contribution in [1.82, 2.24) is 20.0 Å². The fourth-order valence-electron chi connectivity index (χ4n) is 3.93. The van der Waals surface area contributed by atoms with Gasteiger partial charge in [-0.2, -0.15) is 16.9 Å². The van der Waals surface area contributed by atoms with Crippen LogP contribution in [0.2, 0.25) is 0 Å². The summed E-state index contributed by atoms with van der Waals surface area (Å²) < 4.78 is 7.52. The molecular formula is C20H34N4O2S. The largest absolute Gasteiger partial charge is 0.379 e. The molecule has 0 bridgehead atoms. The number of hydrogen-bond acceptors (Lipinski definition) is 5. The van der Waals surface area contributed by atoms with E-state index in [1.165, 1.54) is 0 Å². The Morgan fingerprint density at radius 1 is 1.37 bits per heavy atom. The predicted molar refractivity (Wildman–Crippen MR) is 111 cm³/mol. The van der Waals surface area contributed by atoms with Crippen molar-refractivity contribution in [3.05, 3.63) is 17.5 Å². The second-order valence-corrected chi connectivity index (χ2v) is 10.1. The Bertz CT molecular complexity index is 653. The quantitative estimate of drug-likeness (QED) is 0.832. The fraction of sp³-hybridized carbons (Fsp3) is 0.800. The van der Waals surface area contributed by atoms with Crippen molar-refractivity contribution in [3.63, 3.8) is 0 Å². The van der Waals surface area contributed by atoms with Gasteiger partial charge in [0.25, 0.3) is 5.91 Å². The van der Waals surface area contributed by atoms with Crippen molar-refractivity contribution in [3.8, 4) is 0 Å². The van der Waals surface area contributed by atoms with Crippen LogP contribution in [0.5, 0.6) is 0 Å². The van der Waals surface area contributed by atoms with Gasteiger partial charge in [-0.25, -0.2) is 0 Å². The molecule has 0 unspecified atom stereocenters. The second-order valence-electron chi connectivity index (χ2n) is 9.00. The van der Waals surface area contributed by atoms with E-state index in [0.29, 0.717) is 18.2 Å². The molecule has 0 spiro atoms. The molecule has 0 aliphatic carbocycles. The van der Waals surface area contributed by atoms with Gasteiger partial charge >= 0.3 is 0 Å². The number of nitrogens with zero attached hydrogens (tertiary/aromatic N) is 3. The van der Waals surface area contributed by atoms with Gasteiger partial charge in [0, 0.05) is 36.6 Å². The maximum Gasteiger partial charge on any atom is 0.271 e. The monoisotopic (exact) mass is 394 g/mol. The van der Waals surface area contributed by atoms with Gasteiger partial charge in [-0.15, -0.1) is 0 Å². The first-order valence-electron chi connectivity index (χ1n) is 10.0. The Labute approximate surface area is 167 Å². The Kier molecular flexibility index (Phi) is 6.23. The molecule has 3 heterocycles. The predicted octanol–water partition coefficient (Wildman–Crippen LogP) is 2.70. The SMILES string of the molecule is CC(C)c1cc(C(=O)NC[C@@]2(N3CCOCC3)CCSC2)nn1C(C)(C)C. The number of aromatic nitrogens is 2. The molecule has 6 nitrogen and oxygen atoms in total. The van der Waals surface area contributed by atoms with Crippen LogP contribution >= 0.6 is 11.8 Å². The van der Waals surface area contributed by atoms with Crippen molar-refractivity contribution in [2.75, 3.05) is 44.4 Å². The van der Waals surface area contributed by atoms with Gasteiger partial charge in [0.15, 0.2) is 0 Å². The van der Waals surface area contributed by atoms with Crippen LogP contribution in [0, 0.1) is 0 Å². The van der Waals surface area contributed by atoms with Gasteiger partial charge in [0.1, 0.15) is 5.69 Å². The van der Waals surface area contributed by atoms with Crippen LogP contribution in [0.15, 0.2) is 6.07 Å². The standard InChI is InChI=1S/C20H34N4O2S/c1-15(2)17-12-16(22-24(17)19(3,4)5)18(25)21-13-20(6-11-27-14-20)23-7-9-26-10-8-23/h12,15H,6-11,13-14H2,1-5H3,(H,21,25)/t20-/m0/s1. The highest BCUT2D eigenvalue weighted by molar-refractivity contribution is 7.99. The zero-order valence-electron chi connectivity index (χ0n) is 17.4. The molecule has 0 aromatic carbocycles. The molecule has 1 aromatic heterocycles. The zero-order chi connectivity index (χ0) is 19.7. The van der Waals surface area contributed by atoms with Crippen LogP contribution in [-0.4, -0.2) is 70.5 Å². The van der Waals surface area contributed by atoms with Gasteiger partial charge in [0.05, 0.1) is 18.8 Å². The van der Waals surface area contributed by atoms with Gasteiger partial charge in [-0.3, -0.25) is 14.4 Å². The molecular weight excluding hydrogens is 360 g/mol. The highest BCUT2D eigenvalue weighted by Gasteiger charge is 2.41. The fourth-order valence-corrected chi connectivity index (χ4v) is 5.40. The first-order chi connectivity index (χ1) is 12.7. The van der Waals surface area contributed by atoms with Crippen LogP contribution in [0.3, 0.4) is 0 Å². The normalized spacial score (nSPS) is 24.5. The number of ether oxygens (including phenoxy) is 1. The number of carbonyl (C=O) groups is 1. The summed E-state index contributed by atoms with van der Waals surface area (Å²) in [6, 6.07) is 1.95. The molecule has 1 aromatic rings. The number of hydrogen-bond donors (Lipinski definition) is 1. The summed E-state index contributed by atoms with van der Waals surface area (Å²) in [5, 5.41) is 7.85. The Morgan fingerprint density at radius 2 is 2.07 bits per heavy atom. The zero-order valence-corrected chi connectivity index (χ0v) is 18.2. The lowest BCUT2D eigenvalue weighted by atomic mass is 9.95. The minimum atomic E-state index is -0.144. The van der Waals surface area contributed by atoms with E-state index in [4.69, 9.17) is 4.74 Å². The molecule has 2 saturated heterocycles. The van der Waals surface area contributed by atoms with Crippen molar-refractivity contribution >= 4 is 17.7 Å². The van der Waals surface area contributed by atoms with E-state index in [0.717, 1.165) is 49.9 Å². The third-order valence-corrected chi connectivity index (χ3v) is 6.77. The lowest BCUT2D eigenvalue weighted by molar-refractivity contribution is -0.0129. The Morgan fingerprint density at radius 3 is 2.59 bits per heavy atom. The third-order valence-electron chi connectivity index (χ3n) is 5.54. The molecule has 2 fully saturated rings. The number of rotatable bonds is 5. The van der Waals surface area contributed by atoms with E-state index in [1.54, 1.807) is 0 Å². The number of thioether (sulfide) groups is 1. The van der Waals surface area contributed by atoms with Gasteiger partial charge < -0.3 is 10.1 Å². The smallest absolute Gasteiger partial charge is 0.271 e. The average Bonchev–Trinajstić information content (AvgIpc) is 3.28. The van der Waals surface area contributed by atoms with Gasteiger partial charge in [-0.05, 0) is 44.9 Å². The summed E-state index contributed by atoms with van der Waals surface area (Å²) in [6.45, 7) is 14.8. The molecule has 1 atom stereocenters. The first-order valence-corrected chi connectivity index (χ1v) is 11.2. The molecule has 2 aliphatic heterocycles. The summed E-state index contributed by atoms with van der Waals surface area (Å²) >= 11 is 1.98. The van der Waals surface area contributed by atoms with Crippen LogP contribution in [-0.2, 0) is 10.3 Å². The third kappa shape index (κ3) is 4.51. The van der Waals surface area contributed by atoms with Crippen LogP contribution in [0.25, 0.3) is 0 Å². The summed E-state index contributed by atoms with van der Waals surface area (Å²) in [7, 11) is 0. The number of carbonyl (C=O) groups excluding carboxylic acids is 1. The minimum absolute atomic E-state index is 0.0532. The summed E-state index contributed by atoms with van der Waals surface area (Å²) in [5.74, 6) is 2.48. The lowest BCUT2D eigenvalue weighted by Crippen LogP contribution is -2.59. The maximum absolute atomic E-state index is 12.9. The molecule has 0 saturated carbocycles. The molecule has 1 N–H and O–H groups in total. The molecule has 152 valence electrons. The molecule has 1 amide bonds. The Hall–Kier alpha value is -1.05. The van der Waals surface area contributed by atoms with Crippen molar-refractivity contribution in [2.24, 2.45) is 0 Å². The van der Waals surface area contributed by atoms with Crippen molar-refractivity contribution in [1.29, 1.82) is 0 Å². The summed E-state index contributed by atoms with van der Waals surface area (Å²) in [5.41, 5.74) is 1.54. The highest BCUT2D eigenvalue weighted by Crippen LogP contribution is 2.33. The number of morpholine rings is 1. The van der Waals surface area contributed by atoms with Crippen LogP contribution in [0.1, 0.15) is 63.1 Å². The van der Waals surface area contributed by atoms with Gasteiger partial charge in [0.2, 0.25) is 0 Å². The summed E-state index contributed by atoms with van der Waals surface area (Å²) in [6.07, 6.45) is 1.12. The van der Waals surface area contributed by atoms with E-state index in [9.17, 15) is 4.79 Å². The van der Waals surface area contributed by atoms with Crippen LogP contribution in [0.4, 0.5) is 0 Å². The van der Waals surface area contributed by atoms with E-state index in [2.05, 4.69) is 49.9 Å². The number of nitrogens with one attached hydrogen (secondary N) is 1. The van der Waals surface area contributed by atoms with Crippen molar-refractivity contribution < 1.29 is 9.53 Å². The molecule has 3 rings (SSSR count). The van der Waals surface area contributed by atoms with E-state index in [1.807, 2.05) is 22.5 Å². The van der Waals surface area contributed by atoms with Crippen molar-refractivity contribution in [2.45, 2.75) is 58.0 Å². The topological polar surface area (TPSA) is 59.4 Å². The second kappa shape index (κ2) is 8.13. The average molecular weight is 395 g/mol. The van der Waals surface area contributed by atoms with E-state index >= 15 is 0 Å². The lowest BCUT2D eigenvalue weighted by Gasteiger charge is -2.43. The first kappa shape index (κ1) is 20.7.